The number of rotatable bonds is 4. The molecule has 0 fully saturated rings. The first kappa shape index (κ1) is 15.4. The highest BCUT2D eigenvalue weighted by Gasteiger charge is 2.12. The average molecular weight is 376 g/mol. The van der Waals surface area contributed by atoms with Crippen molar-refractivity contribution in [2.24, 2.45) is 0 Å². The quantitative estimate of drug-likeness (QED) is 0.447. The number of halogens is 1. The van der Waals surface area contributed by atoms with Crippen molar-refractivity contribution < 1.29 is 13.9 Å². The molecule has 4 rings (SSSR count). The maximum atomic E-state index is 11.9. The molecule has 0 aliphatic heterocycles. The standard InChI is InChI=1S/C17H10ClNO3S2/c18-15-4-3-13(24-15)10-1-2-14-11(5-10)6-12(23-14)7-17(20)22-16-8-21-9-19-16/h1-6,8-9H,7H2. The summed E-state index contributed by atoms with van der Waals surface area (Å²) in [6, 6.07) is 12.2. The zero-order chi connectivity index (χ0) is 16.5. The highest BCUT2D eigenvalue weighted by atomic mass is 35.5. The number of benzene rings is 1. The van der Waals surface area contributed by atoms with Gasteiger partial charge in [0.1, 0.15) is 0 Å². The second kappa shape index (κ2) is 6.39. The number of ether oxygens (including phenoxy) is 1. The van der Waals surface area contributed by atoms with Gasteiger partial charge in [0.2, 0.25) is 0 Å². The third-order valence-electron chi connectivity index (χ3n) is 3.37. The Morgan fingerprint density at radius 2 is 2.12 bits per heavy atom. The second-order valence-corrected chi connectivity index (χ2v) is 7.93. The van der Waals surface area contributed by atoms with Gasteiger partial charge < -0.3 is 9.15 Å². The van der Waals surface area contributed by atoms with Crippen LogP contribution in [0, 0.1) is 0 Å². The van der Waals surface area contributed by atoms with Gasteiger partial charge in [-0.1, -0.05) is 17.7 Å². The van der Waals surface area contributed by atoms with E-state index in [9.17, 15) is 4.79 Å². The number of carbonyl (C=O) groups excluding carboxylic acids is 1. The average Bonchev–Trinajstić information content (AvgIpc) is 3.26. The largest absolute Gasteiger partial charge is 0.448 e. The lowest BCUT2D eigenvalue weighted by Gasteiger charge is -1.97. The van der Waals surface area contributed by atoms with E-state index in [1.54, 1.807) is 22.7 Å². The van der Waals surface area contributed by atoms with Crippen molar-refractivity contribution in [3.05, 3.63) is 58.3 Å². The molecule has 0 saturated heterocycles. The molecule has 0 atom stereocenters. The summed E-state index contributed by atoms with van der Waals surface area (Å²) in [4.78, 5) is 17.8. The minimum atomic E-state index is -0.360. The lowest BCUT2D eigenvalue weighted by molar-refractivity contribution is -0.133. The smallest absolute Gasteiger partial charge is 0.317 e. The Bertz CT molecular complexity index is 1000. The lowest BCUT2D eigenvalue weighted by Crippen LogP contribution is -2.10. The van der Waals surface area contributed by atoms with Crippen molar-refractivity contribution in [1.82, 2.24) is 4.98 Å². The number of oxazole rings is 1. The number of aromatic nitrogens is 1. The monoisotopic (exact) mass is 375 g/mol. The molecule has 0 bridgehead atoms. The van der Waals surface area contributed by atoms with Gasteiger partial charge in [0.15, 0.2) is 12.7 Å². The zero-order valence-electron chi connectivity index (χ0n) is 12.2. The lowest BCUT2D eigenvalue weighted by atomic mass is 10.1. The second-order valence-electron chi connectivity index (χ2n) is 5.05. The fraction of sp³-hybridized carbons (Fsp3) is 0.0588. The van der Waals surface area contributed by atoms with E-state index in [2.05, 4.69) is 23.2 Å². The molecule has 3 aromatic heterocycles. The minimum Gasteiger partial charge on any atom is -0.448 e. The third-order valence-corrected chi connectivity index (χ3v) is 5.77. The van der Waals surface area contributed by atoms with Gasteiger partial charge in [0.05, 0.1) is 10.8 Å². The van der Waals surface area contributed by atoms with Gasteiger partial charge in [-0.25, -0.2) is 0 Å². The predicted molar refractivity (Wildman–Crippen MR) is 96.0 cm³/mol. The fourth-order valence-electron chi connectivity index (χ4n) is 2.35. The molecule has 7 heteroatoms. The molecule has 0 unspecified atom stereocenters. The summed E-state index contributed by atoms with van der Waals surface area (Å²) in [6.45, 7) is 0. The molecule has 0 N–H and O–H groups in total. The number of esters is 1. The molecule has 0 radical (unpaired) electrons. The summed E-state index contributed by atoms with van der Waals surface area (Å²) < 4.78 is 11.8. The molecule has 24 heavy (non-hydrogen) atoms. The van der Waals surface area contributed by atoms with E-state index in [1.807, 2.05) is 18.2 Å². The van der Waals surface area contributed by atoms with E-state index < -0.39 is 0 Å². The molecule has 0 amide bonds. The van der Waals surface area contributed by atoms with E-state index in [4.69, 9.17) is 20.8 Å². The normalized spacial score (nSPS) is 11.0. The van der Waals surface area contributed by atoms with Crippen molar-refractivity contribution in [2.75, 3.05) is 0 Å². The van der Waals surface area contributed by atoms with Crippen molar-refractivity contribution in [3.8, 4) is 16.3 Å². The first-order valence-electron chi connectivity index (χ1n) is 7.04. The van der Waals surface area contributed by atoms with E-state index in [-0.39, 0.29) is 18.3 Å². The maximum Gasteiger partial charge on any atom is 0.317 e. The van der Waals surface area contributed by atoms with E-state index in [0.29, 0.717) is 0 Å². The topological polar surface area (TPSA) is 52.3 Å². The van der Waals surface area contributed by atoms with Crippen LogP contribution in [0.2, 0.25) is 4.34 Å². The Morgan fingerprint density at radius 3 is 2.88 bits per heavy atom. The van der Waals surface area contributed by atoms with Gasteiger partial charge in [-0.15, -0.1) is 22.7 Å². The number of thiophene rings is 2. The van der Waals surface area contributed by atoms with Crippen molar-refractivity contribution in [1.29, 1.82) is 0 Å². The Kier molecular flexibility index (Phi) is 4.10. The Balaban J connectivity index is 1.55. The predicted octanol–water partition coefficient (Wildman–Crippen LogP) is 5.42. The van der Waals surface area contributed by atoms with Gasteiger partial charge in [0.25, 0.3) is 5.88 Å². The SMILES string of the molecule is O=C(Cc1cc2cc(-c3ccc(Cl)s3)ccc2s1)Oc1cocn1. The van der Waals surface area contributed by atoms with Gasteiger partial charge in [-0.2, -0.15) is 4.98 Å². The van der Waals surface area contributed by atoms with E-state index in [1.165, 1.54) is 12.7 Å². The zero-order valence-corrected chi connectivity index (χ0v) is 14.6. The molecule has 0 aliphatic carbocycles. The summed E-state index contributed by atoms with van der Waals surface area (Å²) >= 11 is 9.13. The molecular formula is C17H10ClNO3S2. The fourth-order valence-corrected chi connectivity index (χ4v) is 4.42. The molecule has 3 heterocycles. The van der Waals surface area contributed by atoms with Crippen LogP contribution >= 0.6 is 34.3 Å². The van der Waals surface area contributed by atoms with Crippen molar-refractivity contribution in [2.45, 2.75) is 6.42 Å². The summed E-state index contributed by atoms with van der Waals surface area (Å²) in [5.41, 5.74) is 1.12. The summed E-state index contributed by atoms with van der Waals surface area (Å²) in [6.07, 6.45) is 2.72. The van der Waals surface area contributed by atoms with Gasteiger partial charge in [-0.3, -0.25) is 4.79 Å². The number of nitrogens with zero attached hydrogens (tertiary/aromatic N) is 1. The number of hydrogen-bond acceptors (Lipinski definition) is 6. The molecule has 1 aromatic carbocycles. The first-order chi connectivity index (χ1) is 11.7. The highest BCUT2D eigenvalue weighted by molar-refractivity contribution is 7.19. The number of hydrogen-bond donors (Lipinski definition) is 0. The van der Waals surface area contributed by atoms with Gasteiger partial charge in [-0.05, 0) is 41.3 Å². The molecule has 4 aromatic rings. The molecule has 0 aliphatic rings. The van der Waals surface area contributed by atoms with Crippen molar-refractivity contribution >= 4 is 50.3 Å². The molecule has 120 valence electrons. The Hall–Kier alpha value is -2.15. The summed E-state index contributed by atoms with van der Waals surface area (Å²) in [5, 5.41) is 1.10. The van der Waals surface area contributed by atoms with Crippen LogP contribution in [-0.2, 0) is 11.2 Å². The van der Waals surface area contributed by atoms with Crippen molar-refractivity contribution in [3.63, 3.8) is 0 Å². The van der Waals surface area contributed by atoms with E-state index >= 15 is 0 Å². The van der Waals surface area contributed by atoms with Crippen LogP contribution in [0.15, 0.2) is 53.5 Å². The van der Waals surface area contributed by atoms with Gasteiger partial charge in [0, 0.05) is 14.5 Å². The van der Waals surface area contributed by atoms with Crippen LogP contribution in [0.3, 0.4) is 0 Å². The van der Waals surface area contributed by atoms with Crippen LogP contribution in [-0.4, -0.2) is 11.0 Å². The third kappa shape index (κ3) is 3.21. The maximum absolute atomic E-state index is 11.9. The summed E-state index contributed by atoms with van der Waals surface area (Å²) in [5.74, 6) is -0.182. The highest BCUT2D eigenvalue weighted by Crippen LogP contribution is 2.35. The van der Waals surface area contributed by atoms with Gasteiger partial charge >= 0.3 is 5.97 Å². The van der Waals surface area contributed by atoms with Crippen LogP contribution < -0.4 is 4.74 Å². The first-order valence-corrected chi connectivity index (χ1v) is 9.05. The Labute approximate surface area is 150 Å². The summed E-state index contributed by atoms with van der Waals surface area (Å²) in [7, 11) is 0. The van der Waals surface area contributed by atoms with Crippen LogP contribution in [0.4, 0.5) is 0 Å². The molecular weight excluding hydrogens is 366 g/mol. The van der Waals surface area contributed by atoms with Crippen LogP contribution in [0.5, 0.6) is 5.88 Å². The number of carbonyl (C=O) groups is 1. The van der Waals surface area contributed by atoms with Crippen LogP contribution in [0.1, 0.15) is 4.88 Å². The molecule has 4 nitrogen and oxygen atoms in total. The van der Waals surface area contributed by atoms with Crippen LogP contribution in [0.25, 0.3) is 20.5 Å². The Morgan fingerprint density at radius 1 is 1.21 bits per heavy atom. The minimum absolute atomic E-state index is 0.179. The molecule has 0 spiro atoms. The number of fused-ring (bicyclic) bond motifs is 1. The van der Waals surface area contributed by atoms with E-state index in [0.717, 1.165) is 29.7 Å². The molecule has 0 saturated carbocycles.